The fourth-order valence-corrected chi connectivity index (χ4v) is 2.49. The van der Waals surface area contributed by atoms with Crippen LogP contribution < -0.4 is 10.1 Å². The third-order valence-corrected chi connectivity index (χ3v) is 3.67. The highest BCUT2D eigenvalue weighted by Crippen LogP contribution is 2.22. The van der Waals surface area contributed by atoms with E-state index in [9.17, 15) is 9.90 Å². The normalized spacial score (nSPS) is 12.5. The minimum atomic E-state index is -0.792. The zero-order chi connectivity index (χ0) is 16.1. The lowest BCUT2D eigenvalue weighted by atomic mass is 10.0. The maximum Gasteiger partial charge on any atom is 0.320 e. The molecule has 0 aliphatic carbocycles. The number of fused-ring (bicyclic) bond motifs is 1. The molecule has 0 saturated carbocycles. The first-order valence-corrected chi connectivity index (χ1v) is 7.52. The van der Waals surface area contributed by atoms with E-state index in [-0.39, 0.29) is 0 Å². The highest BCUT2D eigenvalue weighted by molar-refractivity contribution is 5.84. The molecule has 0 radical (unpaired) electrons. The molecule has 0 aliphatic heterocycles. The summed E-state index contributed by atoms with van der Waals surface area (Å²) in [6.45, 7) is 4.60. The number of carbonyl (C=O) groups is 1. The van der Waals surface area contributed by atoms with E-state index >= 15 is 0 Å². The van der Waals surface area contributed by atoms with Crippen LogP contribution in [-0.4, -0.2) is 24.2 Å². The fraction of sp³-hybridized carbons (Fsp3) is 0.389. The van der Waals surface area contributed by atoms with Crippen LogP contribution in [0.25, 0.3) is 10.8 Å². The van der Waals surface area contributed by atoms with Gasteiger partial charge in [-0.2, -0.15) is 0 Å². The van der Waals surface area contributed by atoms with Gasteiger partial charge in [0.15, 0.2) is 0 Å². The van der Waals surface area contributed by atoms with Crippen molar-refractivity contribution in [3.05, 3.63) is 42.0 Å². The number of hydrogen-bond donors (Lipinski definition) is 2. The molecule has 118 valence electrons. The summed E-state index contributed by atoms with van der Waals surface area (Å²) in [5, 5.41) is 14.6. The molecule has 4 nitrogen and oxygen atoms in total. The van der Waals surface area contributed by atoms with Gasteiger partial charge in [-0.25, -0.2) is 0 Å². The van der Waals surface area contributed by atoms with E-state index in [1.165, 1.54) is 0 Å². The Morgan fingerprint density at radius 1 is 1.18 bits per heavy atom. The summed E-state index contributed by atoms with van der Waals surface area (Å²) in [6, 6.07) is 11.6. The molecule has 0 spiro atoms. The summed E-state index contributed by atoms with van der Waals surface area (Å²) in [5.41, 5.74) is 1.08. The maximum atomic E-state index is 11.3. The van der Waals surface area contributed by atoms with Crippen molar-refractivity contribution in [1.29, 1.82) is 0 Å². The molecule has 2 rings (SSSR count). The van der Waals surface area contributed by atoms with Crippen molar-refractivity contribution in [1.82, 2.24) is 5.32 Å². The lowest BCUT2D eigenvalue weighted by molar-refractivity contribution is -0.140. The average molecular weight is 301 g/mol. The Morgan fingerprint density at radius 2 is 1.86 bits per heavy atom. The molecular formula is C18H23NO3. The van der Waals surface area contributed by atoms with Crippen LogP contribution in [0.1, 0.15) is 25.8 Å². The summed E-state index contributed by atoms with van der Waals surface area (Å²) >= 11 is 0. The van der Waals surface area contributed by atoms with Crippen molar-refractivity contribution in [2.75, 3.05) is 7.11 Å². The zero-order valence-corrected chi connectivity index (χ0v) is 13.3. The topological polar surface area (TPSA) is 58.6 Å². The van der Waals surface area contributed by atoms with Crippen LogP contribution >= 0.6 is 0 Å². The molecule has 0 heterocycles. The first kappa shape index (κ1) is 16.3. The fourth-order valence-electron chi connectivity index (χ4n) is 2.49. The van der Waals surface area contributed by atoms with Crippen molar-refractivity contribution >= 4 is 16.7 Å². The molecule has 0 aromatic heterocycles. The summed E-state index contributed by atoms with van der Waals surface area (Å²) in [5.74, 6) is 0.387. The first-order valence-electron chi connectivity index (χ1n) is 7.52. The number of benzene rings is 2. The predicted octanol–water partition coefficient (Wildman–Crippen LogP) is 3.44. The van der Waals surface area contributed by atoms with Gasteiger partial charge in [-0.1, -0.05) is 32.0 Å². The number of ether oxygens (including phenoxy) is 1. The highest BCUT2D eigenvalue weighted by Gasteiger charge is 2.17. The summed E-state index contributed by atoms with van der Waals surface area (Å²) in [6.07, 6.45) is 0.625. The number of methoxy groups -OCH3 is 1. The Hall–Kier alpha value is -2.07. The molecule has 22 heavy (non-hydrogen) atoms. The summed E-state index contributed by atoms with van der Waals surface area (Å²) in [4.78, 5) is 11.3. The van der Waals surface area contributed by atoms with Gasteiger partial charge in [0, 0.05) is 6.54 Å². The molecule has 4 heteroatoms. The van der Waals surface area contributed by atoms with Gasteiger partial charge in [-0.05, 0) is 46.9 Å². The molecule has 0 bridgehead atoms. The second-order valence-corrected chi connectivity index (χ2v) is 5.95. The Balaban J connectivity index is 2.09. The van der Waals surface area contributed by atoms with Gasteiger partial charge >= 0.3 is 5.97 Å². The second-order valence-electron chi connectivity index (χ2n) is 5.95. The SMILES string of the molecule is COc1ccc2cc(CNC(CC(C)C)C(=O)O)ccc2c1. The molecule has 1 atom stereocenters. The molecule has 0 saturated heterocycles. The van der Waals surface area contributed by atoms with Crippen molar-refractivity contribution < 1.29 is 14.6 Å². The van der Waals surface area contributed by atoms with Crippen LogP contribution in [0.15, 0.2) is 36.4 Å². The minimum absolute atomic E-state index is 0.345. The van der Waals surface area contributed by atoms with Gasteiger partial charge in [-0.3, -0.25) is 4.79 Å². The van der Waals surface area contributed by atoms with E-state index in [2.05, 4.69) is 11.4 Å². The van der Waals surface area contributed by atoms with Crippen LogP contribution in [-0.2, 0) is 11.3 Å². The van der Waals surface area contributed by atoms with Crippen molar-refractivity contribution in [3.8, 4) is 5.75 Å². The van der Waals surface area contributed by atoms with E-state index in [1.807, 2.05) is 44.2 Å². The second kappa shape index (κ2) is 7.27. The standard InChI is InChI=1S/C18H23NO3/c1-12(2)8-17(18(20)21)19-11-13-4-5-15-10-16(22-3)7-6-14(15)9-13/h4-7,9-10,12,17,19H,8,11H2,1-3H3,(H,20,21). The Bertz CT molecular complexity index is 652. The van der Waals surface area contributed by atoms with Crippen molar-refractivity contribution in [2.24, 2.45) is 5.92 Å². The summed E-state index contributed by atoms with van der Waals surface area (Å²) in [7, 11) is 1.65. The molecular weight excluding hydrogens is 278 g/mol. The number of rotatable bonds is 7. The van der Waals surface area contributed by atoms with Gasteiger partial charge in [0.2, 0.25) is 0 Å². The zero-order valence-electron chi connectivity index (χ0n) is 13.3. The third kappa shape index (κ3) is 4.21. The quantitative estimate of drug-likeness (QED) is 0.822. The molecule has 2 aromatic carbocycles. The van der Waals surface area contributed by atoms with Gasteiger partial charge in [-0.15, -0.1) is 0 Å². The molecule has 2 aromatic rings. The number of carboxylic acids is 1. The van der Waals surface area contributed by atoms with Crippen LogP contribution in [0.3, 0.4) is 0 Å². The van der Waals surface area contributed by atoms with E-state index < -0.39 is 12.0 Å². The number of nitrogens with one attached hydrogen (secondary N) is 1. The average Bonchev–Trinajstić information content (AvgIpc) is 2.50. The first-order chi connectivity index (χ1) is 10.5. The van der Waals surface area contributed by atoms with Gasteiger partial charge in [0.05, 0.1) is 7.11 Å². The smallest absolute Gasteiger partial charge is 0.320 e. The highest BCUT2D eigenvalue weighted by atomic mass is 16.5. The predicted molar refractivity (Wildman–Crippen MR) is 88.2 cm³/mol. The van der Waals surface area contributed by atoms with Crippen molar-refractivity contribution in [3.63, 3.8) is 0 Å². The van der Waals surface area contributed by atoms with Crippen LogP contribution in [0.5, 0.6) is 5.75 Å². The molecule has 0 amide bonds. The lowest BCUT2D eigenvalue weighted by Gasteiger charge is -2.16. The largest absolute Gasteiger partial charge is 0.497 e. The Kier molecular flexibility index (Phi) is 5.39. The Labute approximate surface area is 131 Å². The third-order valence-electron chi connectivity index (χ3n) is 3.67. The monoisotopic (exact) mass is 301 g/mol. The van der Waals surface area contributed by atoms with E-state index in [1.54, 1.807) is 7.11 Å². The number of carboxylic acid groups (broad SMARTS) is 1. The van der Waals surface area contributed by atoms with Crippen LogP contribution in [0, 0.1) is 5.92 Å². The van der Waals surface area contributed by atoms with Gasteiger partial charge < -0.3 is 15.2 Å². The Morgan fingerprint density at radius 3 is 2.50 bits per heavy atom. The van der Waals surface area contributed by atoms with Crippen LogP contribution in [0.4, 0.5) is 0 Å². The lowest BCUT2D eigenvalue weighted by Crippen LogP contribution is -2.37. The molecule has 0 aliphatic rings. The van der Waals surface area contributed by atoms with E-state index in [4.69, 9.17) is 4.74 Å². The van der Waals surface area contributed by atoms with Gasteiger partial charge in [0.25, 0.3) is 0 Å². The molecule has 2 N–H and O–H groups in total. The molecule has 1 unspecified atom stereocenters. The maximum absolute atomic E-state index is 11.3. The minimum Gasteiger partial charge on any atom is -0.497 e. The van der Waals surface area contributed by atoms with Gasteiger partial charge in [0.1, 0.15) is 11.8 Å². The van der Waals surface area contributed by atoms with E-state index in [0.717, 1.165) is 22.1 Å². The van der Waals surface area contributed by atoms with Crippen molar-refractivity contribution in [2.45, 2.75) is 32.9 Å². The van der Waals surface area contributed by atoms with Crippen LogP contribution in [0.2, 0.25) is 0 Å². The summed E-state index contributed by atoms with van der Waals surface area (Å²) < 4.78 is 5.22. The van der Waals surface area contributed by atoms with E-state index in [0.29, 0.717) is 18.9 Å². The molecule has 0 fully saturated rings. The number of aliphatic carboxylic acids is 1. The number of hydrogen-bond acceptors (Lipinski definition) is 3.